The van der Waals surface area contributed by atoms with Gasteiger partial charge in [-0.25, -0.2) is 0 Å². The summed E-state index contributed by atoms with van der Waals surface area (Å²) >= 11 is 0. The summed E-state index contributed by atoms with van der Waals surface area (Å²) in [4.78, 5) is 16.3. The fraction of sp³-hybridized carbons (Fsp3) is 0.188. The van der Waals surface area contributed by atoms with Crippen LogP contribution < -0.4 is 5.32 Å². The van der Waals surface area contributed by atoms with Gasteiger partial charge < -0.3 is 9.73 Å². The number of furan rings is 1. The highest BCUT2D eigenvalue weighted by atomic mass is 16.3. The highest BCUT2D eigenvalue weighted by molar-refractivity contribution is 5.93. The van der Waals surface area contributed by atoms with Crippen LogP contribution in [0.3, 0.4) is 0 Å². The first-order chi connectivity index (χ1) is 10.6. The molecule has 0 unspecified atom stereocenters. The van der Waals surface area contributed by atoms with Gasteiger partial charge >= 0.3 is 0 Å². The third kappa shape index (κ3) is 2.90. The Kier molecular flexibility index (Phi) is 3.74. The molecule has 0 aliphatic carbocycles. The minimum atomic E-state index is -0.187. The van der Waals surface area contributed by atoms with Gasteiger partial charge in [-0.15, -0.1) is 0 Å². The normalized spacial score (nSPS) is 10.6. The van der Waals surface area contributed by atoms with E-state index in [1.54, 1.807) is 30.2 Å². The van der Waals surface area contributed by atoms with Gasteiger partial charge in [-0.05, 0) is 30.7 Å². The maximum atomic E-state index is 12.3. The molecule has 0 aromatic carbocycles. The lowest BCUT2D eigenvalue weighted by atomic mass is 10.2. The second kappa shape index (κ2) is 5.85. The van der Waals surface area contributed by atoms with E-state index in [4.69, 9.17) is 4.42 Å². The van der Waals surface area contributed by atoms with E-state index < -0.39 is 0 Å². The number of nitrogens with one attached hydrogen (secondary N) is 1. The van der Waals surface area contributed by atoms with Crippen molar-refractivity contribution in [2.45, 2.75) is 13.5 Å². The second-order valence-electron chi connectivity index (χ2n) is 4.99. The van der Waals surface area contributed by atoms with Gasteiger partial charge in [0.25, 0.3) is 5.91 Å². The van der Waals surface area contributed by atoms with E-state index in [1.165, 1.54) is 0 Å². The smallest absolute Gasteiger partial charge is 0.269 e. The Hall–Kier alpha value is -2.89. The van der Waals surface area contributed by atoms with Crippen LogP contribution in [0.1, 0.15) is 21.8 Å². The zero-order valence-corrected chi connectivity index (χ0v) is 12.4. The molecule has 22 heavy (non-hydrogen) atoms. The van der Waals surface area contributed by atoms with Gasteiger partial charge in [0, 0.05) is 32.1 Å². The van der Waals surface area contributed by atoms with E-state index in [2.05, 4.69) is 15.4 Å². The number of amides is 1. The predicted octanol–water partition coefficient (Wildman–Crippen LogP) is 2.31. The molecule has 3 heterocycles. The molecule has 0 bridgehead atoms. The van der Waals surface area contributed by atoms with Crippen LogP contribution in [0.5, 0.6) is 0 Å². The second-order valence-corrected chi connectivity index (χ2v) is 4.99. The van der Waals surface area contributed by atoms with Crippen LogP contribution in [0.25, 0.3) is 11.5 Å². The van der Waals surface area contributed by atoms with Crippen LogP contribution in [0.4, 0.5) is 0 Å². The largest absolute Gasteiger partial charge is 0.460 e. The maximum absolute atomic E-state index is 12.3. The Balaban J connectivity index is 1.74. The molecule has 6 nitrogen and oxygen atoms in total. The average Bonchev–Trinajstić information content (AvgIpc) is 3.12. The standard InChI is InChI=1S/C16H16N4O2/c1-11-5-6-15(22-11)13-8-14(20(2)19-13)16(21)18-10-12-4-3-7-17-9-12/h3-9H,10H2,1-2H3,(H,18,21). The Morgan fingerprint density at radius 2 is 2.23 bits per heavy atom. The van der Waals surface area contributed by atoms with E-state index in [9.17, 15) is 4.79 Å². The minimum absolute atomic E-state index is 0.187. The number of aromatic nitrogens is 3. The van der Waals surface area contributed by atoms with Crippen molar-refractivity contribution in [2.24, 2.45) is 7.05 Å². The van der Waals surface area contributed by atoms with E-state index in [-0.39, 0.29) is 5.91 Å². The number of pyridine rings is 1. The molecule has 0 radical (unpaired) electrons. The molecule has 0 aliphatic rings. The first-order valence-electron chi connectivity index (χ1n) is 6.91. The van der Waals surface area contributed by atoms with E-state index >= 15 is 0 Å². The first kappa shape index (κ1) is 14.1. The van der Waals surface area contributed by atoms with Gasteiger partial charge in [0.05, 0.1) is 0 Å². The van der Waals surface area contributed by atoms with Crippen molar-refractivity contribution in [3.63, 3.8) is 0 Å². The van der Waals surface area contributed by atoms with Crippen LogP contribution in [0.2, 0.25) is 0 Å². The van der Waals surface area contributed by atoms with Crippen molar-refractivity contribution in [1.82, 2.24) is 20.1 Å². The lowest BCUT2D eigenvalue weighted by molar-refractivity contribution is 0.0941. The summed E-state index contributed by atoms with van der Waals surface area (Å²) in [5.74, 6) is 1.27. The topological polar surface area (TPSA) is 73.0 Å². The molecule has 1 amide bonds. The molecule has 3 rings (SSSR count). The van der Waals surface area contributed by atoms with Crippen LogP contribution in [-0.2, 0) is 13.6 Å². The number of rotatable bonds is 4. The fourth-order valence-electron chi connectivity index (χ4n) is 2.15. The van der Waals surface area contributed by atoms with Gasteiger partial charge in [-0.1, -0.05) is 6.07 Å². The number of aryl methyl sites for hydroxylation is 2. The number of carbonyl (C=O) groups is 1. The van der Waals surface area contributed by atoms with Crippen LogP contribution >= 0.6 is 0 Å². The fourth-order valence-corrected chi connectivity index (χ4v) is 2.15. The zero-order valence-electron chi connectivity index (χ0n) is 12.4. The van der Waals surface area contributed by atoms with E-state index in [0.717, 1.165) is 11.3 Å². The molecule has 3 aromatic rings. The molecule has 0 aliphatic heterocycles. The number of nitrogens with zero attached hydrogens (tertiary/aromatic N) is 3. The van der Waals surface area contributed by atoms with Crippen molar-refractivity contribution in [1.29, 1.82) is 0 Å². The molecule has 1 N–H and O–H groups in total. The third-order valence-electron chi connectivity index (χ3n) is 3.28. The number of hydrogen-bond acceptors (Lipinski definition) is 4. The molecular formula is C16H16N4O2. The molecule has 3 aromatic heterocycles. The van der Waals surface area contributed by atoms with E-state index in [1.807, 2.05) is 31.2 Å². The summed E-state index contributed by atoms with van der Waals surface area (Å²) in [5.41, 5.74) is 2.06. The van der Waals surface area contributed by atoms with Gasteiger partial charge in [-0.2, -0.15) is 5.10 Å². The lowest BCUT2D eigenvalue weighted by Gasteiger charge is -2.04. The highest BCUT2D eigenvalue weighted by Crippen LogP contribution is 2.21. The van der Waals surface area contributed by atoms with Gasteiger partial charge in [0.15, 0.2) is 5.76 Å². The Morgan fingerprint density at radius 1 is 1.36 bits per heavy atom. The summed E-state index contributed by atoms with van der Waals surface area (Å²) in [6.45, 7) is 2.29. The molecule has 6 heteroatoms. The molecule has 0 spiro atoms. The van der Waals surface area contributed by atoms with Crippen LogP contribution in [-0.4, -0.2) is 20.7 Å². The van der Waals surface area contributed by atoms with Gasteiger partial charge in [0.1, 0.15) is 17.1 Å². The summed E-state index contributed by atoms with van der Waals surface area (Å²) in [7, 11) is 1.73. The third-order valence-corrected chi connectivity index (χ3v) is 3.28. The number of hydrogen-bond donors (Lipinski definition) is 1. The Bertz CT molecular complexity index is 790. The van der Waals surface area contributed by atoms with Crippen molar-refractivity contribution < 1.29 is 9.21 Å². The highest BCUT2D eigenvalue weighted by Gasteiger charge is 2.15. The van der Waals surface area contributed by atoms with Crippen LogP contribution in [0, 0.1) is 6.92 Å². The molecular weight excluding hydrogens is 280 g/mol. The van der Waals surface area contributed by atoms with Crippen molar-refractivity contribution >= 4 is 5.91 Å². The Morgan fingerprint density at radius 3 is 2.91 bits per heavy atom. The van der Waals surface area contributed by atoms with Crippen molar-refractivity contribution in [3.05, 3.63) is 59.7 Å². The molecule has 0 saturated carbocycles. The summed E-state index contributed by atoms with van der Waals surface area (Å²) < 4.78 is 7.08. The first-order valence-corrected chi connectivity index (χ1v) is 6.91. The minimum Gasteiger partial charge on any atom is -0.460 e. The molecule has 112 valence electrons. The Labute approximate surface area is 127 Å². The van der Waals surface area contributed by atoms with Gasteiger partial charge in [0.2, 0.25) is 0 Å². The van der Waals surface area contributed by atoms with E-state index in [0.29, 0.717) is 23.7 Å². The quantitative estimate of drug-likeness (QED) is 0.802. The predicted molar refractivity (Wildman–Crippen MR) is 81.1 cm³/mol. The van der Waals surface area contributed by atoms with Crippen LogP contribution in [0.15, 0.2) is 47.1 Å². The van der Waals surface area contributed by atoms with Crippen molar-refractivity contribution in [2.75, 3.05) is 0 Å². The summed E-state index contributed by atoms with van der Waals surface area (Å²) in [6, 6.07) is 9.18. The summed E-state index contributed by atoms with van der Waals surface area (Å²) in [6.07, 6.45) is 3.42. The maximum Gasteiger partial charge on any atom is 0.269 e. The molecule has 0 fully saturated rings. The van der Waals surface area contributed by atoms with Crippen molar-refractivity contribution in [3.8, 4) is 11.5 Å². The van der Waals surface area contributed by atoms with Gasteiger partial charge in [-0.3, -0.25) is 14.5 Å². The monoisotopic (exact) mass is 296 g/mol. The lowest BCUT2D eigenvalue weighted by Crippen LogP contribution is -2.25. The molecule has 0 saturated heterocycles. The zero-order chi connectivity index (χ0) is 15.5. The average molecular weight is 296 g/mol. The summed E-state index contributed by atoms with van der Waals surface area (Å²) in [5, 5.41) is 7.18. The molecule has 0 atom stereocenters. The SMILES string of the molecule is Cc1ccc(-c2cc(C(=O)NCc3cccnc3)n(C)n2)o1. The number of carbonyl (C=O) groups excluding carboxylic acids is 1.